The molecule has 0 aromatic heterocycles. The average molecular weight is 349 g/mol. The quantitative estimate of drug-likeness (QED) is 0.730. The standard InChI is InChI=1S/C19H27NO5/c1-14-6-7-15(2)17(11-14)25-9-4-3-5-18(21)20-8-10-24-16(13-20)12-19(22)23/h6-7,11,16H,3-5,8-10,12-13H2,1-2H3,(H,22,23)/t16-/m1/s1. The number of carboxylic acid groups (broad SMARTS) is 1. The summed E-state index contributed by atoms with van der Waals surface area (Å²) in [5.41, 5.74) is 2.28. The first-order chi connectivity index (χ1) is 12.0. The number of hydrogen-bond acceptors (Lipinski definition) is 4. The third-order valence-electron chi connectivity index (χ3n) is 4.28. The van der Waals surface area contributed by atoms with Gasteiger partial charge in [-0.3, -0.25) is 9.59 Å². The van der Waals surface area contributed by atoms with Crippen LogP contribution >= 0.6 is 0 Å². The van der Waals surface area contributed by atoms with Gasteiger partial charge in [0.1, 0.15) is 5.75 Å². The Bertz CT molecular complexity index is 601. The summed E-state index contributed by atoms with van der Waals surface area (Å²) < 4.78 is 11.2. The van der Waals surface area contributed by atoms with Gasteiger partial charge in [-0.1, -0.05) is 12.1 Å². The maximum atomic E-state index is 12.2. The maximum absolute atomic E-state index is 12.2. The summed E-state index contributed by atoms with van der Waals surface area (Å²) in [7, 11) is 0. The molecule has 6 heteroatoms. The summed E-state index contributed by atoms with van der Waals surface area (Å²) in [6.07, 6.45) is 1.55. The van der Waals surface area contributed by atoms with Crippen LogP contribution in [0.2, 0.25) is 0 Å². The van der Waals surface area contributed by atoms with Crippen molar-refractivity contribution >= 4 is 11.9 Å². The Morgan fingerprint density at radius 3 is 2.88 bits per heavy atom. The Labute approximate surface area is 148 Å². The number of rotatable bonds is 8. The van der Waals surface area contributed by atoms with Crippen LogP contribution in [0.5, 0.6) is 5.75 Å². The lowest BCUT2D eigenvalue weighted by atomic mass is 10.1. The Balaban J connectivity index is 1.66. The molecule has 25 heavy (non-hydrogen) atoms. The molecule has 1 N–H and O–H groups in total. The van der Waals surface area contributed by atoms with Gasteiger partial charge in [0.25, 0.3) is 0 Å². The van der Waals surface area contributed by atoms with Gasteiger partial charge in [0.15, 0.2) is 0 Å². The summed E-state index contributed by atoms with van der Waals surface area (Å²) in [4.78, 5) is 24.7. The minimum absolute atomic E-state index is 0.0606. The molecule has 6 nitrogen and oxygen atoms in total. The zero-order valence-electron chi connectivity index (χ0n) is 15.0. The van der Waals surface area contributed by atoms with Gasteiger partial charge >= 0.3 is 5.97 Å². The predicted molar refractivity (Wildman–Crippen MR) is 93.8 cm³/mol. The Morgan fingerprint density at radius 2 is 2.12 bits per heavy atom. The van der Waals surface area contributed by atoms with E-state index in [2.05, 4.69) is 6.07 Å². The average Bonchev–Trinajstić information content (AvgIpc) is 2.57. The van der Waals surface area contributed by atoms with E-state index >= 15 is 0 Å². The van der Waals surface area contributed by atoms with Crippen LogP contribution < -0.4 is 4.74 Å². The zero-order chi connectivity index (χ0) is 18.2. The predicted octanol–water partition coefficient (Wildman–Crippen LogP) is 2.55. The molecule has 1 aromatic rings. The van der Waals surface area contributed by atoms with Gasteiger partial charge < -0.3 is 19.5 Å². The van der Waals surface area contributed by atoms with E-state index in [0.29, 0.717) is 32.7 Å². The molecule has 1 fully saturated rings. The van der Waals surface area contributed by atoms with E-state index in [1.807, 2.05) is 26.0 Å². The van der Waals surface area contributed by atoms with Crippen LogP contribution in [-0.2, 0) is 14.3 Å². The molecule has 1 aliphatic rings. The van der Waals surface area contributed by atoms with Crippen LogP contribution in [0.25, 0.3) is 0 Å². The number of benzene rings is 1. The number of morpholine rings is 1. The molecule has 1 heterocycles. The lowest BCUT2D eigenvalue weighted by molar-refractivity contribution is -0.147. The number of amides is 1. The van der Waals surface area contributed by atoms with Crippen molar-refractivity contribution in [2.45, 2.75) is 45.6 Å². The molecule has 0 radical (unpaired) electrons. The third kappa shape index (κ3) is 6.38. The van der Waals surface area contributed by atoms with Crippen molar-refractivity contribution in [1.82, 2.24) is 4.90 Å². The van der Waals surface area contributed by atoms with E-state index in [1.54, 1.807) is 4.90 Å². The number of carboxylic acids is 1. The summed E-state index contributed by atoms with van der Waals surface area (Å²) in [6.45, 7) is 5.94. The number of ether oxygens (including phenoxy) is 2. The highest BCUT2D eigenvalue weighted by molar-refractivity contribution is 5.76. The monoisotopic (exact) mass is 349 g/mol. The van der Waals surface area contributed by atoms with Crippen LogP contribution in [0.15, 0.2) is 18.2 Å². The number of nitrogens with zero attached hydrogens (tertiary/aromatic N) is 1. The smallest absolute Gasteiger partial charge is 0.306 e. The van der Waals surface area contributed by atoms with E-state index in [-0.39, 0.29) is 12.3 Å². The van der Waals surface area contributed by atoms with Crippen LogP contribution in [0.4, 0.5) is 0 Å². The van der Waals surface area contributed by atoms with Crippen molar-refractivity contribution in [3.8, 4) is 5.75 Å². The summed E-state index contributed by atoms with van der Waals surface area (Å²) in [5, 5.41) is 8.82. The van der Waals surface area contributed by atoms with Gasteiger partial charge in [0, 0.05) is 19.5 Å². The first-order valence-electron chi connectivity index (χ1n) is 8.77. The molecule has 0 unspecified atom stereocenters. The van der Waals surface area contributed by atoms with Gasteiger partial charge in [0.2, 0.25) is 5.91 Å². The van der Waals surface area contributed by atoms with Crippen molar-refractivity contribution in [3.63, 3.8) is 0 Å². The Kier molecular flexibility index (Phi) is 7.25. The Hall–Kier alpha value is -2.08. The van der Waals surface area contributed by atoms with E-state index < -0.39 is 12.1 Å². The minimum Gasteiger partial charge on any atom is -0.493 e. The molecule has 0 saturated carbocycles. The van der Waals surface area contributed by atoms with Crippen molar-refractivity contribution < 1.29 is 24.2 Å². The van der Waals surface area contributed by atoms with Gasteiger partial charge in [-0.2, -0.15) is 0 Å². The largest absolute Gasteiger partial charge is 0.493 e. The second-order valence-electron chi connectivity index (χ2n) is 6.50. The van der Waals surface area contributed by atoms with Gasteiger partial charge in [0.05, 0.1) is 25.7 Å². The van der Waals surface area contributed by atoms with Crippen molar-refractivity contribution in [1.29, 1.82) is 0 Å². The number of unbranched alkanes of at least 4 members (excludes halogenated alkanes) is 1. The Morgan fingerprint density at radius 1 is 1.32 bits per heavy atom. The second kappa shape index (κ2) is 9.42. The molecule has 1 atom stereocenters. The topological polar surface area (TPSA) is 76.1 Å². The van der Waals surface area contributed by atoms with E-state index in [0.717, 1.165) is 24.2 Å². The molecule has 0 spiro atoms. The fourth-order valence-electron chi connectivity index (χ4n) is 2.85. The maximum Gasteiger partial charge on any atom is 0.306 e. The lowest BCUT2D eigenvalue weighted by Gasteiger charge is -2.32. The zero-order valence-corrected chi connectivity index (χ0v) is 15.0. The number of aliphatic carboxylic acids is 1. The number of hydrogen-bond donors (Lipinski definition) is 1. The number of carbonyl (C=O) groups excluding carboxylic acids is 1. The van der Waals surface area contributed by atoms with Crippen LogP contribution in [0.1, 0.15) is 36.8 Å². The minimum atomic E-state index is -0.900. The van der Waals surface area contributed by atoms with Crippen molar-refractivity contribution in [2.75, 3.05) is 26.3 Å². The fraction of sp³-hybridized carbons (Fsp3) is 0.579. The van der Waals surface area contributed by atoms with Crippen LogP contribution in [0, 0.1) is 13.8 Å². The van der Waals surface area contributed by atoms with E-state index in [1.165, 1.54) is 5.56 Å². The molecular formula is C19H27NO5. The highest BCUT2D eigenvalue weighted by Gasteiger charge is 2.25. The fourth-order valence-corrected chi connectivity index (χ4v) is 2.85. The summed E-state index contributed by atoms with van der Waals surface area (Å²) in [6, 6.07) is 6.12. The molecule has 1 amide bonds. The molecule has 0 bridgehead atoms. The summed E-state index contributed by atoms with van der Waals surface area (Å²) in [5.74, 6) is 0.0596. The SMILES string of the molecule is Cc1ccc(C)c(OCCCCC(=O)N2CCO[C@H](CC(=O)O)C2)c1. The molecule has 138 valence electrons. The van der Waals surface area contributed by atoms with Gasteiger partial charge in [-0.05, 0) is 43.9 Å². The lowest BCUT2D eigenvalue weighted by Crippen LogP contribution is -2.46. The molecule has 1 aliphatic heterocycles. The van der Waals surface area contributed by atoms with Gasteiger partial charge in [-0.15, -0.1) is 0 Å². The second-order valence-corrected chi connectivity index (χ2v) is 6.50. The first-order valence-corrected chi connectivity index (χ1v) is 8.77. The molecule has 0 aliphatic carbocycles. The van der Waals surface area contributed by atoms with Crippen molar-refractivity contribution in [2.24, 2.45) is 0 Å². The number of aryl methyl sites for hydroxylation is 2. The molecule has 1 aromatic carbocycles. The molecular weight excluding hydrogens is 322 g/mol. The van der Waals surface area contributed by atoms with Crippen molar-refractivity contribution in [3.05, 3.63) is 29.3 Å². The molecule has 2 rings (SSSR count). The highest BCUT2D eigenvalue weighted by Crippen LogP contribution is 2.19. The number of carbonyl (C=O) groups is 2. The molecule has 1 saturated heterocycles. The van der Waals surface area contributed by atoms with E-state index in [4.69, 9.17) is 14.6 Å². The first kappa shape index (κ1) is 19.2. The third-order valence-corrected chi connectivity index (χ3v) is 4.28. The van der Waals surface area contributed by atoms with Crippen LogP contribution in [-0.4, -0.2) is 54.3 Å². The van der Waals surface area contributed by atoms with Gasteiger partial charge in [-0.25, -0.2) is 0 Å². The van der Waals surface area contributed by atoms with Crippen LogP contribution in [0.3, 0.4) is 0 Å². The highest BCUT2D eigenvalue weighted by atomic mass is 16.5. The normalized spacial score (nSPS) is 17.4. The van der Waals surface area contributed by atoms with E-state index in [9.17, 15) is 9.59 Å². The summed E-state index contributed by atoms with van der Waals surface area (Å²) >= 11 is 0.